The minimum atomic E-state index is -0.157. The third-order valence-electron chi connectivity index (χ3n) is 3.34. The van der Waals surface area contributed by atoms with Crippen molar-refractivity contribution < 1.29 is 4.79 Å². The molecule has 0 aliphatic carbocycles. The van der Waals surface area contributed by atoms with Gasteiger partial charge in [0, 0.05) is 15.8 Å². The lowest BCUT2D eigenvalue weighted by atomic mass is 10.0. The molecule has 2 atom stereocenters. The topological polar surface area (TPSA) is 46.3 Å². The van der Waals surface area contributed by atoms with Gasteiger partial charge < -0.3 is 10.6 Å². The molecule has 0 aromatic carbocycles. The van der Waals surface area contributed by atoms with Gasteiger partial charge in [0.05, 0.1) is 19.0 Å². The second-order valence-electron chi connectivity index (χ2n) is 5.00. The van der Waals surface area contributed by atoms with Gasteiger partial charge in [0.1, 0.15) is 0 Å². The Bertz CT molecular complexity index is 484. The van der Waals surface area contributed by atoms with Crippen LogP contribution in [0.5, 0.6) is 0 Å². The van der Waals surface area contributed by atoms with E-state index in [-0.39, 0.29) is 17.9 Å². The van der Waals surface area contributed by atoms with Gasteiger partial charge >= 0.3 is 0 Å². The van der Waals surface area contributed by atoms with E-state index in [1.807, 2.05) is 41.6 Å². The van der Waals surface area contributed by atoms with Crippen molar-refractivity contribution in [3.05, 3.63) is 44.8 Å². The van der Waals surface area contributed by atoms with Crippen LogP contribution < -0.4 is 5.73 Å². The second-order valence-corrected chi connectivity index (χ2v) is 7.07. The first-order valence-electron chi connectivity index (χ1n) is 6.67. The van der Waals surface area contributed by atoms with E-state index in [2.05, 4.69) is 12.1 Å². The Hall–Kier alpha value is -1.17. The van der Waals surface area contributed by atoms with Crippen LogP contribution in [0, 0.1) is 5.92 Å². The highest BCUT2D eigenvalue weighted by atomic mass is 32.1. The lowest BCUT2D eigenvalue weighted by Crippen LogP contribution is -2.40. The molecule has 0 aliphatic rings. The average Bonchev–Trinajstić information content (AvgIpc) is 3.09. The maximum atomic E-state index is 12.6. The van der Waals surface area contributed by atoms with E-state index >= 15 is 0 Å². The molecule has 2 rings (SSSR count). The minimum Gasteiger partial charge on any atom is -0.332 e. The number of nitrogens with two attached hydrogens (primary N) is 1. The van der Waals surface area contributed by atoms with Gasteiger partial charge in [0.25, 0.3) is 0 Å². The Morgan fingerprint density at radius 3 is 2.00 bits per heavy atom. The van der Waals surface area contributed by atoms with Crippen molar-refractivity contribution in [2.45, 2.75) is 33.0 Å². The minimum absolute atomic E-state index is 0.127. The molecule has 5 heteroatoms. The van der Waals surface area contributed by atoms with Crippen molar-refractivity contribution in [3.63, 3.8) is 0 Å². The van der Waals surface area contributed by atoms with Gasteiger partial charge in [0.15, 0.2) is 0 Å². The lowest BCUT2D eigenvalue weighted by Gasteiger charge is -2.26. The largest absolute Gasteiger partial charge is 0.332 e. The molecule has 0 saturated heterocycles. The fraction of sp³-hybridized carbons (Fsp3) is 0.400. The third kappa shape index (κ3) is 3.91. The molecule has 0 fully saturated rings. The van der Waals surface area contributed by atoms with E-state index in [1.54, 1.807) is 22.7 Å². The molecule has 3 nitrogen and oxygen atoms in total. The molecule has 0 saturated carbocycles. The van der Waals surface area contributed by atoms with Crippen molar-refractivity contribution >= 4 is 28.6 Å². The predicted molar refractivity (Wildman–Crippen MR) is 85.7 cm³/mol. The van der Waals surface area contributed by atoms with Crippen LogP contribution in [0.15, 0.2) is 35.0 Å². The Kier molecular flexibility index (Phi) is 5.34. The van der Waals surface area contributed by atoms with Gasteiger partial charge in [-0.25, -0.2) is 0 Å². The molecule has 1 amide bonds. The normalized spacial score (nSPS) is 13.9. The number of hydrogen-bond acceptors (Lipinski definition) is 4. The molecule has 2 aromatic rings. The van der Waals surface area contributed by atoms with Gasteiger partial charge in [-0.3, -0.25) is 4.79 Å². The van der Waals surface area contributed by atoms with E-state index in [1.165, 1.54) is 9.75 Å². The molecule has 0 bridgehead atoms. The number of thiophene rings is 2. The van der Waals surface area contributed by atoms with Crippen LogP contribution in [0.3, 0.4) is 0 Å². The Balaban J connectivity index is 2.12. The highest BCUT2D eigenvalue weighted by Crippen LogP contribution is 2.19. The molecule has 20 heavy (non-hydrogen) atoms. The molecule has 2 N–H and O–H groups in total. The molecular formula is C15H20N2OS2. The van der Waals surface area contributed by atoms with Crippen LogP contribution in [0.1, 0.15) is 23.6 Å². The zero-order valence-electron chi connectivity index (χ0n) is 11.8. The maximum absolute atomic E-state index is 12.6. The van der Waals surface area contributed by atoms with Crippen molar-refractivity contribution in [1.29, 1.82) is 0 Å². The van der Waals surface area contributed by atoms with Gasteiger partial charge in [-0.05, 0) is 29.8 Å². The number of hydrogen-bond donors (Lipinski definition) is 1. The predicted octanol–water partition coefficient (Wildman–Crippen LogP) is 3.32. The molecule has 0 aliphatic heterocycles. The fourth-order valence-corrected chi connectivity index (χ4v) is 3.34. The first-order valence-corrected chi connectivity index (χ1v) is 8.43. The van der Waals surface area contributed by atoms with Crippen LogP contribution in [-0.4, -0.2) is 16.8 Å². The van der Waals surface area contributed by atoms with Gasteiger partial charge in [0.2, 0.25) is 5.91 Å². The van der Waals surface area contributed by atoms with Crippen molar-refractivity contribution in [2.75, 3.05) is 0 Å². The average molecular weight is 308 g/mol. The summed E-state index contributed by atoms with van der Waals surface area (Å²) in [6, 6.07) is 8.04. The summed E-state index contributed by atoms with van der Waals surface area (Å²) in [5.41, 5.74) is 5.88. The number of amides is 1. The summed E-state index contributed by atoms with van der Waals surface area (Å²) in [7, 11) is 0. The smallest absolute Gasteiger partial charge is 0.227 e. The third-order valence-corrected chi connectivity index (χ3v) is 5.07. The zero-order chi connectivity index (χ0) is 14.5. The van der Waals surface area contributed by atoms with Gasteiger partial charge in [-0.15, -0.1) is 22.7 Å². The highest BCUT2D eigenvalue weighted by Gasteiger charge is 2.24. The van der Waals surface area contributed by atoms with Gasteiger partial charge in [-0.1, -0.05) is 19.1 Å². The van der Waals surface area contributed by atoms with Crippen LogP contribution in [0.25, 0.3) is 0 Å². The summed E-state index contributed by atoms with van der Waals surface area (Å²) in [6.45, 7) is 5.11. The Morgan fingerprint density at radius 1 is 1.15 bits per heavy atom. The monoisotopic (exact) mass is 308 g/mol. The van der Waals surface area contributed by atoms with E-state index in [4.69, 9.17) is 5.73 Å². The fourth-order valence-electron chi connectivity index (χ4n) is 1.91. The van der Waals surface area contributed by atoms with Crippen LogP contribution in [-0.2, 0) is 17.9 Å². The quantitative estimate of drug-likeness (QED) is 0.890. The summed E-state index contributed by atoms with van der Waals surface area (Å²) in [5.74, 6) is -0.0308. The van der Waals surface area contributed by atoms with Crippen molar-refractivity contribution in [2.24, 2.45) is 11.7 Å². The summed E-state index contributed by atoms with van der Waals surface area (Å²) < 4.78 is 0. The first-order chi connectivity index (χ1) is 9.58. The number of nitrogens with zero attached hydrogens (tertiary/aromatic N) is 1. The highest BCUT2D eigenvalue weighted by molar-refractivity contribution is 7.10. The molecule has 0 spiro atoms. The van der Waals surface area contributed by atoms with Crippen molar-refractivity contribution in [3.8, 4) is 0 Å². The van der Waals surface area contributed by atoms with E-state index in [0.717, 1.165) is 0 Å². The number of rotatable bonds is 6. The molecule has 2 unspecified atom stereocenters. The molecule has 0 radical (unpaired) electrons. The zero-order valence-corrected chi connectivity index (χ0v) is 13.4. The Labute approximate surface area is 128 Å². The first kappa shape index (κ1) is 15.2. The van der Waals surface area contributed by atoms with Gasteiger partial charge in [-0.2, -0.15) is 0 Å². The lowest BCUT2D eigenvalue weighted by molar-refractivity contribution is -0.136. The maximum Gasteiger partial charge on any atom is 0.227 e. The van der Waals surface area contributed by atoms with E-state index < -0.39 is 0 Å². The molecular weight excluding hydrogens is 288 g/mol. The van der Waals surface area contributed by atoms with Crippen LogP contribution >= 0.6 is 22.7 Å². The summed E-state index contributed by atoms with van der Waals surface area (Å²) in [4.78, 5) is 16.9. The molecule has 2 aromatic heterocycles. The SMILES string of the molecule is CC(N)C(C)C(=O)N(Cc1cccs1)Cc1cccs1. The molecule has 108 valence electrons. The summed E-state index contributed by atoms with van der Waals surface area (Å²) in [5, 5.41) is 4.08. The van der Waals surface area contributed by atoms with E-state index in [0.29, 0.717) is 13.1 Å². The van der Waals surface area contributed by atoms with E-state index in [9.17, 15) is 4.79 Å². The van der Waals surface area contributed by atoms with Crippen molar-refractivity contribution in [1.82, 2.24) is 4.90 Å². The summed E-state index contributed by atoms with van der Waals surface area (Å²) >= 11 is 3.36. The van der Waals surface area contributed by atoms with Crippen LogP contribution in [0.4, 0.5) is 0 Å². The Morgan fingerprint density at radius 2 is 1.65 bits per heavy atom. The standard InChI is InChI=1S/C15H20N2OS2/c1-11(12(2)16)15(18)17(9-13-5-3-7-19-13)10-14-6-4-8-20-14/h3-8,11-12H,9-10,16H2,1-2H3. The summed E-state index contributed by atoms with van der Waals surface area (Å²) in [6.07, 6.45) is 0. The number of carbonyl (C=O) groups is 1. The van der Waals surface area contributed by atoms with Crippen LogP contribution in [0.2, 0.25) is 0 Å². The second kappa shape index (κ2) is 7.02. The molecule has 2 heterocycles. The number of carbonyl (C=O) groups excluding carboxylic acids is 1.